The van der Waals surface area contributed by atoms with E-state index < -0.39 is 4.92 Å². The van der Waals surface area contributed by atoms with Crippen molar-refractivity contribution in [2.45, 2.75) is 30.1 Å². The zero-order chi connectivity index (χ0) is 18.7. The van der Waals surface area contributed by atoms with E-state index in [-0.39, 0.29) is 16.9 Å². The van der Waals surface area contributed by atoms with Crippen molar-refractivity contribution in [1.82, 2.24) is 14.5 Å². The largest absolute Gasteiger partial charge is 0.305 e. The molecule has 0 saturated carbocycles. The molecule has 1 aromatic carbocycles. The molecule has 0 atom stereocenters. The molecule has 0 radical (unpaired) electrons. The molecule has 0 bridgehead atoms. The van der Waals surface area contributed by atoms with E-state index in [0.717, 1.165) is 18.2 Å². The lowest BCUT2D eigenvalue weighted by Crippen LogP contribution is -2.23. The summed E-state index contributed by atoms with van der Waals surface area (Å²) in [5.74, 6) is 0. The number of pyridine rings is 1. The molecular weight excluding hydrogens is 354 g/mol. The standard InChI is InChI=1S/C17H13N5O3S/c1-2-9-21-16(23)11-5-3-4-6-12(11)20-17(21)26-15-8-7-14(22(24)25)13(10-18)19-15/h3-8H,2,9H2,1H3. The minimum Gasteiger partial charge on any atom is -0.287 e. The van der Waals surface area contributed by atoms with Gasteiger partial charge in [-0.2, -0.15) is 5.26 Å². The zero-order valence-electron chi connectivity index (χ0n) is 13.7. The van der Waals surface area contributed by atoms with Gasteiger partial charge in [-0.15, -0.1) is 0 Å². The van der Waals surface area contributed by atoms with Crippen LogP contribution >= 0.6 is 11.8 Å². The van der Waals surface area contributed by atoms with Crippen LogP contribution in [0.25, 0.3) is 10.9 Å². The number of nitriles is 1. The lowest BCUT2D eigenvalue weighted by molar-refractivity contribution is -0.385. The Morgan fingerprint density at radius 3 is 2.73 bits per heavy atom. The summed E-state index contributed by atoms with van der Waals surface area (Å²) < 4.78 is 1.56. The van der Waals surface area contributed by atoms with E-state index in [0.29, 0.717) is 27.6 Å². The molecule has 3 aromatic rings. The Bertz CT molecular complexity index is 1100. The van der Waals surface area contributed by atoms with Gasteiger partial charge in [0, 0.05) is 12.6 Å². The number of fused-ring (bicyclic) bond motifs is 1. The highest BCUT2D eigenvalue weighted by Crippen LogP contribution is 2.28. The average molecular weight is 367 g/mol. The Hall–Kier alpha value is -3.25. The summed E-state index contributed by atoms with van der Waals surface area (Å²) in [6.45, 7) is 2.44. The number of hydrogen-bond donors (Lipinski definition) is 0. The first kappa shape index (κ1) is 17.6. The maximum absolute atomic E-state index is 12.7. The predicted octanol–water partition coefficient (Wildman–Crippen LogP) is 3.13. The van der Waals surface area contributed by atoms with E-state index >= 15 is 0 Å². The number of aromatic nitrogens is 3. The van der Waals surface area contributed by atoms with E-state index in [9.17, 15) is 14.9 Å². The highest BCUT2D eigenvalue weighted by Gasteiger charge is 2.18. The summed E-state index contributed by atoms with van der Waals surface area (Å²) in [5, 5.41) is 21.3. The van der Waals surface area contributed by atoms with Crippen LogP contribution in [0.3, 0.4) is 0 Å². The summed E-state index contributed by atoms with van der Waals surface area (Å²) in [7, 11) is 0. The Morgan fingerprint density at radius 1 is 1.27 bits per heavy atom. The van der Waals surface area contributed by atoms with Crippen LogP contribution in [-0.4, -0.2) is 19.5 Å². The first-order valence-corrected chi connectivity index (χ1v) is 8.59. The first-order valence-electron chi connectivity index (χ1n) is 7.78. The summed E-state index contributed by atoms with van der Waals surface area (Å²) in [6, 6.07) is 11.5. The van der Waals surface area contributed by atoms with Crippen LogP contribution in [0.15, 0.2) is 51.4 Å². The molecule has 8 nitrogen and oxygen atoms in total. The van der Waals surface area contributed by atoms with E-state index in [1.165, 1.54) is 12.1 Å². The Kier molecular flexibility index (Phi) is 4.95. The smallest absolute Gasteiger partial charge is 0.287 e. The molecule has 0 aliphatic heterocycles. The van der Waals surface area contributed by atoms with Gasteiger partial charge in [-0.3, -0.25) is 19.5 Å². The van der Waals surface area contributed by atoms with Crippen LogP contribution in [0.4, 0.5) is 5.69 Å². The first-order chi connectivity index (χ1) is 12.5. The normalized spacial score (nSPS) is 10.6. The number of para-hydroxylation sites is 1. The fourth-order valence-corrected chi connectivity index (χ4v) is 3.35. The van der Waals surface area contributed by atoms with Gasteiger partial charge in [0.05, 0.1) is 15.8 Å². The zero-order valence-corrected chi connectivity index (χ0v) is 14.6. The second-order valence-corrected chi connectivity index (χ2v) is 6.34. The summed E-state index contributed by atoms with van der Waals surface area (Å²) in [6.07, 6.45) is 0.741. The van der Waals surface area contributed by atoms with Crippen molar-refractivity contribution < 1.29 is 4.92 Å². The monoisotopic (exact) mass is 367 g/mol. The number of benzene rings is 1. The lowest BCUT2D eigenvalue weighted by Gasteiger charge is -2.11. The molecule has 2 aromatic heterocycles. The Labute approximate surface area is 152 Å². The highest BCUT2D eigenvalue weighted by atomic mass is 32.2. The van der Waals surface area contributed by atoms with Gasteiger partial charge in [0.1, 0.15) is 11.1 Å². The summed E-state index contributed by atoms with van der Waals surface area (Å²) in [4.78, 5) is 31.6. The van der Waals surface area contributed by atoms with Crippen molar-refractivity contribution in [1.29, 1.82) is 5.26 Å². The molecule has 0 amide bonds. The number of rotatable bonds is 5. The third-order valence-electron chi connectivity index (χ3n) is 3.62. The third kappa shape index (κ3) is 3.27. The van der Waals surface area contributed by atoms with E-state index in [2.05, 4.69) is 9.97 Å². The maximum atomic E-state index is 12.7. The van der Waals surface area contributed by atoms with Gasteiger partial charge < -0.3 is 0 Å². The summed E-state index contributed by atoms with van der Waals surface area (Å²) in [5.41, 5.74) is -0.211. The van der Waals surface area contributed by atoms with Crippen molar-refractivity contribution in [3.8, 4) is 6.07 Å². The molecule has 0 N–H and O–H groups in total. The maximum Gasteiger partial charge on any atom is 0.305 e. The molecule has 0 aliphatic rings. The molecule has 0 unspecified atom stereocenters. The second kappa shape index (κ2) is 7.33. The van der Waals surface area contributed by atoms with Gasteiger partial charge in [0.15, 0.2) is 5.16 Å². The molecule has 26 heavy (non-hydrogen) atoms. The van der Waals surface area contributed by atoms with Crippen LogP contribution in [0, 0.1) is 21.4 Å². The van der Waals surface area contributed by atoms with Crippen molar-refractivity contribution in [3.63, 3.8) is 0 Å². The fraction of sp³-hybridized carbons (Fsp3) is 0.176. The quantitative estimate of drug-likeness (QED) is 0.386. The van der Waals surface area contributed by atoms with Crippen LogP contribution < -0.4 is 5.56 Å². The van der Waals surface area contributed by atoms with Crippen molar-refractivity contribution in [2.75, 3.05) is 0 Å². The van der Waals surface area contributed by atoms with Crippen LogP contribution in [0.1, 0.15) is 19.0 Å². The van der Waals surface area contributed by atoms with Crippen LogP contribution in [-0.2, 0) is 6.54 Å². The van der Waals surface area contributed by atoms with Gasteiger partial charge in [0.25, 0.3) is 5.56 Å². The minimum atomic E-state index is -0.652. The number of nitro groups is 1. The third-order valence-corrected chi connectivity index (χ3v) is 4.55. The van der Waals surface area contributed by atoms with Gasteiger partial charge in [-0.1, -0.05) is 19.1 Å². The van der Waals surface area contributed by atoms with E-state index in [1.807, 2.05) is 6.92 Å². The van der Waals surface area contributed by atoms with Gasteiger partial charge in [-0.25, -0.2) is 9.97 Å². The second-order valence-electron chi connectivity index (χ2n) is 5.36. The van der Waals surface area contributed by atoms with Crippen molar-refractivity contribution in [3.05, 3.63) is 62.6 Å². The molecule has 130 valence electrons. The van der Waals surface area contributed by atoms with Crippen LogP contribution in [0.5, 0.6) is 0 Å². The van der Waals surface area contributed by atoms with Crippen molar-refractivity contribution >= 4 is 28.4 Å². The lowest BCUT2D eigenvalue weighted by atomic mass is 10.2. The predicted molar refractivity (Wildman–Crippen MR) is 96.0 cm³/mol. The Morgan fingerprint density at radius 2 is 2.04 bits per heavy atom. The van der Waals surface area contributed by atoms with Gasteiger partial charge in [-0.05, 0) is 36.4 Å². The molecular formula is C17H13N5O3S. The minimum absolute atomic E-state index is 0.151. The fourth-order valence-electron chi connectivity index (χ4n) is 2.46. The highest BCUT2D eigenvalue weighted by molar-refractivity contribution is 7.99. The number of nitrogens with zero attached hydrogens (tertiary/aromatic N) is 5. The topological polar surface area (TPSA) is 115 Å². The molecule has 2 heterocycles. The molecule has 0 saturated heterocycles. The number of hydrogen-bond acceptors (Lipinski definition) is 7. The average Bonchev–Trinajstić information content (AvgIpc) is 2.64. The van der Waals surface area contributed by atoms with E-state index in [4.69, 9.17) is 5.26 Å². The van der Waals surface area contributed by atoms with Crippen molar-refractivity contribution in [2.24, 2.45) is 0 Å². The summed E-state index contributed by atoms with van der Waals surface area (Å²) >= 11 is 1.10. The van der Waals surface area contributed by atoms with Crippen LogP contribution in [0.2, 0.25) is 0 Å². The van der Waals surface area contributed by atoms with Gasteiger partial charge in [0.2, 0.25) is 5.69 Å². The molecule has 0 spiro atoms. The Balaban J connectivity index is 2.11. The van der Waals surface area contributed by atoms with E-state index in [1.54, 1.807) is 34.9 Å². The van der Waals surface area contributed by atoms with Gasteiger partial charge >= 0.3 is 5.69 Å². The molecule has 0 aliphatic carbocycles. The molecule has 3 rings (SSSR count). The molecule has 9 heteroatoms. The SMILES string of the molecule is CCCn1c(Sc2ccc([N+](=O)[O-])c(C#N)n2)nc2ccccc2c1=O. The molecule has 0 fully saturated rings.